The van der Waals surface area contributed by atoms with Gasteiger partial charge >= 0.3 is 0 Å². The number of fused-ring (bicyclic) bond motifs is 4. The van der Waals surface area contributed by atoms with Crippen molar-refractivity contribution in [3.63, 3.8) is 0 Å². The first kappa shape index (κ1) is 33.1. The van der Waals surface area contributed by atoms with Crippen LogP contribution < -0.4 is 21.3 Å². The highest BCUT2D eigenvalue weighted by Crippen LogP contribution is 2.26. The van der Waals surface area contributed by atoms with Gasteiger partial charge in [-0.2, -0.15) is 0 Å². The summed E-state index contributed by atoms with van der Waals surface area (Å²) in [5.74, 6) is -1.29. The number of carbonyl (C=O) groups excluding carboxylic acids is 4. The van der Waals surface area contributed by atoms with E-state index in [-0.39, 0.29) is 73.1 Å². The number of hydrogen-bond donors (Lipinski definition) is 4. The summed E-state index contributed by atoms with van der Waals surface area (Å²) in [7, 11) is 0. The zero-order chi connectivity index (χ0) is 30.3. The fraction of sp³-hybridized carbons (Fsp3) is 0.467. The van der Waals surface area contributed by atoms with Crippen molar-refractivity contribution in [2.75, 3.05) is 26.2 Å². The van der Waals surface area contributed by atoms with Gasteiger partial charge in [0.15, 0.2) is 5.69 Å². The molecule has 3 aromatic rings. The standard InChI is InChI=1S/C30H37N7O5S.ClH/c1-18(2)25-29-35-23(17-43-29)27(40)33-21(14-19-8-4-3-5-9-19)28-34-22(16-42-28)26(39)32-12-13-37(15-24(38)36-25)30(41)20-10-6-7-11-31-20;/h3-5,8-9,16-18,20-21,25,31H,6-7,10-15H2,1-2H3,(H,32,39)(H,33,40)(H,36,38);1H/t20-,21-,25-;/m0./s1. The van der Waals surface area contributed by atoms with Gasteiger partial charge in [-0.05, 0) is 30.9 Å². The minimum absolute atomic E-state index is 0. The van der Waals surface area contributed by atoms with Gasteiger partial charge in [0.2, 0.25) is 17.7 Å². The summed E-state index contributed by atoms with van der Waals surface area (Å²) in [5, 5.41) is 14.2. The van der Waals surface area contributed by atoms with Crippen LogP contribution >= 0.6 is 23.7 Å². The predicted octanol–water partition coefficient (Wildman–Crippen LogP) is 2.79. The molecule has 236 valence electrons. The third-order valence-electron chi connectivity index (χ3n) is 7.57. The molecule has 0 aliphatic carbocycles. The van der Waals surface area contributed by atoms with Gasteiger partial charge in [0, 0.05) is 24.9 Å². The molecule has 2 aromatic heterocycles. The SMILES string of the molecule is CC(C)[C@@H]1NC(=O)CN(C(=O)[C@@H]2CCCCN2)CCNC(=O)c2coc(n2)[C@H](Cc2ccccc2)NC(=O)c2csc1n2.Cl. The molecule has 3 atom stereocenters. The molecule has 44 heavy (non-hydrogen) atoms. The summed E-state index contributed by atoms with van der Waals surface area (Å²) in [6.07, 6.45) is 4.24. The van der Waals surface area contributed by atoms with Crippen molar-refractivity contribution in [1.29, 1.82) is 0 Å². The Morgan fingerprint density at radius 3 is 2.57 bits per heavy atom. The second-order valence-electron chi connectivity index (χ2n) is 11.2. The maximum absolute atomic E-state index is 13.4. The van der Waals surface area contributed by atoms with Crippen LogP contribution in [0.5, 0.6) is 0 Å². The highest BCUT2D eigenvalue weighted by molar-refractivity contribution is 7.09. The van der Waals surface area contributed by atoms with E-state index in [1.165, 1.54) is 22.5 Å². The van der Waals surface area contributed by atoms with Crippen molar-refractivity contribution in [1.82, 2.24) is 36.1 Å². The Bertz CT molecular complexity index is 1440. The van der Waals surface area contributed by atoms with Crippen LogP contribution in [0.15, 0.2) is 46.4 Å². The first-order valence-electron chi connectivity index (χ1n) is 14.6. The molecule has 0 saturated carbocycles. The summed E-state index contributed by atoms with van der Waals surface area (Å²) in [5.41, 5.74) is 1.19. The number of thiazole rings is 1. The summed E-state index contributed by atoms with van der Waals surface area (Å²) >= 11 is 1.28. The molecule has 1 saturated heterocycles. The van der Waals surface area contributed by atoms with Gasteiger partial charge in [0.05, 0.1) is 18.6 Å². The van der Waals surface area contributed by atoms with Gasteiger partial charge in [0.1, 0.15) is 23.0 Å². The smallest absolute Gasteiger partial charge is 0.273 e. The first-order valence-corrected chi connectivity index (χ1v) is 15.5. The Hall–Kier alpha value is -3.81. The molecule has 4 heterocycles. The van der Waals surface area contributed by atoms with Gasteiger partial charge in [0.25, 0.3) is 11.8 Å². The maximum atomic E-state index is 13.4. The van der Waals surface area contributed by atoms with Crippen LogP contribution in [0.2, 0.25) is 0 Å². The van der Waals surface area contributed by atoms with E-state index in [1.54, 1.807) is 5.38 Å². The third kappa shape index (κ3) is 8.21. The molecule has 2 aliphatic rings. The number of aromatic nitrogens is 2. The molecule has 14 heteroatoms. The molecule has 2 aliphatic heterocycles. The zero-order valence-corrected chi connectivity index (χ0v) is 26.3. The summed E-state index contributed by atoms with van der Waals surface area (Å²) < 4.78 is 5.69. The minimum atomic E-state index is -0.669. The molecule has 0 unspecified atom stereocenters. The lowest BCUT2D eigenvalue weighted by molar-refractivity contribution is -0.138. The van der Waals surface area contributed by atoms with Crippen molar-refractivity contribution in [2.45, 2.75) is 57.7 Å². The Morgan fingerprint density at radius 1 is 1.05 bits per heavy atom. The van der Waals surface area contributed by atoms with Crippen LogP contribution in [0.25, 0.3) is 0 Å². The summed E-state index contributed by atoms with van der Waals surface area (Å²) in [6, 6.07) is 8.06. The lowest BCUT2D eigenvalue weighted by Gasteiger charge is -2.30. The highest BCUT2D eigenvalue weighted by Gasteiger charge is 2.30. The summed E-state index contributed by atoms with van der Waals surface area (Å²) in [6.45, 7) is 4.73. The number of piperidine rings is 1. The van der Waals surface area contributed by atoms with Crippen molar-refractivity contribution in [2.24, 2.45) is 5.92 Å². The molecule has 0 radical (unpaired) electrons. The Kier molecular flexibility index (Phi) is 11.5. The fourth-order valence-corrected chi connectivity index (χ4v) is 6.24. The molecule has 5 rings (SSSR count). The second-order valence-corrected chi connectivity index (χ2v) is 12.1. The average molecular weight is 644 g/mol. The Labute approximate surface area is 266 Å². The fourth-order valence-electron chi connectivity index (χ4n) is 5.22. The van der Waals surface area contributed by atoms with Crippen LogP contribution in [0, 0.1) is 5.92 Å². The maximum Gasteiger partial charge on any atom is 0.273 e. The molecule has 1 fully saturated rings. The second kappa shape index (κ2) is 15.3. The summed E-state index contributed by atoms with van der Waals surface area (Å²) in [4.78, 5) is 63.5. The molecule has 0 spiro atoms. The Balaban J connectivity index is 0.00000442. The number of hydrogen-bond acceptors (Lipinski definition) is 9. The van der Waals surface area contributed by atoms with Gasteiger partial charge in [-0.3, -0.25) is 19.2 Å². The van der Waals surface area contributed by atoms with Crippen LogP contribution in [-0.2, 0) is 16.0 Å². The van der Waals surface area contributed by atoms with Gasteiger partial charge in [-0.25, -0.2) is 9.97 Å². The average Bonchev–Trinajstić information content (AvgIpc) is 3.70. The number of carbonyl (C=O) groups is 4. The monoisotopic (exact) mass is 643 g/mol. The highest BCUT2D eigenvalue weighted by atomic mass is 35.5. The normalized spacial score (nSPS) is 21.8. The van der Waals surface area contributed by atoms with E-state index in [0.717, 1.165) is 24.9 Å². The predicted molar refractivity (Wildman–Crippen MR) is 166 cm³/mol. The van der Waals surface area contributed by atoms with E-state index in [1.807, 2.05) is 44.2 Å². The van der Waals surface area contributed by atoms with Crippen LogP contribution in [0.1, 0.15) is 82.6 Å². The Morgan fingerprint density at radius 2 is 1.84 bits per heavy atom. The first-order chi connectivity index (χ1) is 20.8. The lowest BCUT2D eigenvalue weighted by atomic mass is 10.0. The van der Waals surface area contributed by atoms with Crippen LogP contribution in [0.4, 0.5) is 0 Å². The molecule has 4 bridgehead atoms. The number of amides is 4. The van der Waals surface area contributed by atoms with E-state index < -0.39 is 23.9 Å². The zero-order valence-electron chi connectivity index (χ0n) is 24.7. The van der Waals surface area contributed by atoms with Gasteiger partial charge in [-0.15, -0.1) is 23.7 Å². The number of oxazole rings is 1. The van der Waals surface area contributed by atoms with Crippen molar-refractivity contribution in [3.8, 4) is 0 Å². The molecule has 4 N–H and O–H groups in total. The minimum Gasteiger partial charge on any atom is -0.446 e. The van der Waals surface area contributed by atoms with E-state index >= 15 is 0 Å². The molecule has 4 amide bonds. The van der Waals surface area contributed by atoms with Crippen molar-refractivity contribution < 1.29 is 23.6 Å². The molecular formula is C30H38ClN7O5S. The van der Waals surface area contributed by atoms with Gasteiger partial charge in [-0.1, -0.05) is 50.6 Å². The van der Waals surface area contributed by atoms with E-state index in [4.69, 9.17) is 4.42 Å². The van der Waals surface area contributed by atoms with Crippen LogP contribution in [0.3, 0.4) is 0 Å². The molecule has 12 nitrogen and oxygen atoms in total. The van der Waals surface area contributed by atoms with Crippen molar-refractivity contribution in [3.05, 3.63) is 69.8 Å². The van der Waals surface area contributed by atoms with E-state index in [2.05, 4.69) is 31.2 Å². The number of halogens is 1. The van der Waals surface area contributed by atoms with Crippen molar-refractivity contribution >= 4 is 47.4 Å². The third-order valence-corrected chi connectivity index (χ3v) is 8.49. The number of rotatable bonds is 4. The number of nitrogens with zero attached hydrogens (tertiary/aromatic N) is 3. The topological polar surface area (TPSA) is 159 Å². The van der Waals surface area contributed by atoms with E-state index in [0.29, 0.717) is 17.8 Å². The lowest BCUT2D eigenvalue weighted by Crippen LogP contribution is -2.53. The largest absolute Gasteiger partial charge is 0.446 e. The quantitative estimate of drug-likeness (QED) is 0.338. The number of nitrogens with one attached hydrogen (secondary N) is 4. The van der Waals surface area contributed by atoms with E-state index in [9.17, 15) is 19.2 Å². The van der Waals surface area contributed by atoms with Gasteiger partial charge < -0.3 is 30.6 Å². The molecule has 1 aromatic carbocycles. The van der Waals surface area contributed by atoms with Crippen LogP contribution in [-0.4, -0.2) is 70.7 Å². The number of benzene rings is 1. The molecular weight excluding hydrogens is 606 g/mol.